The molecule has 0 radical (unpaired) electrons. The van der Waals surface area contributed by atoms with E-state index < -0.39 is 0 Å². The Balaban J connectivity index is 2.15. The van der Waals surface area contributed by atoms with Gasteiger partial charge >= 0.3 is 5.97 Å². The molecule has 0 bridgehead atoms. The van der Waals surface area contributed by atoms with Crippen molar-refractivity contribution in [3.63, 3.8) is 0 Å². The second-order valence-corrected chi connectivity index (χ2v) is 4.68. The van der Waals surface area contributed by atoms with Gasteiger partial charge in [-0.3, -0.25) is 4.98 Å². The first-order valence-corrected chi connectivity index (χ1v) is 6.33. The minimum absolute atomic E-state index is 0.289. The van der Waals surface area contributed by atoms with Crippen molar-refractivity contribution in [2.45, 2.75) is 26.2 Å². The lowest BCUT2D eigenvalue weighted by molar-refractivity contribution is 0.0597. The summed E-state index contributed by atoms with van der Waals surface area (Å²) in [5.74, 6) is 0.320. The normalized spacial score (nSPS) is 16.6. The van der Waals surface area contributed by atoms with Gasteiger partial charge in [0.05, 0.1) is 12.7 Å². The standard InChI is InChI=1S/C14H19NO3/c1-10-12(14(16)17-2)3-6-15-13(10)9-11-4-7-18-8-5-11/h3,6,11H,4-5,7-9H2,1-2H3. The van der Waals surface area contributed by atoms with Gasteiger partial charge in [-0.05, 0) is 43.7 Å². The lowest BCUT2D eigenvalue weighted by Gasteiger charge is -2.22. The van der Waals surface area contributed by atoms with Gasteiger partial charge in [0.25, 0.3) is 0 Å². The van der Waals surface area contributed by atoms with Crippen molar-refractivity contribution in [2.24, 2.45) is 5.92 Å². The summed E-state index contributed by atoms with van der Waals surface area (Å²) in [6, 6.07) is 1.72. The molecule has 2 heterocycles. The third-order valence-corrected chi connectivity index (χ3v) is 3.54. The molecule has 0 spiro atoms. The van der Waals surface area contributed by atoms with E-state index in [1.165, 1.54) is 7.11 Å². The first-order chi connectivity index (χ1) is 8.72. The van der Waals surface area contributed by atoms with Crippen LogP contribution in [0.1, 0.15) is 34.5 Å². The number of carbonyl (C=O) groups is 1. The average molecular weight is 249 g/mol. The summed E-state index contributed by atoms with van der Waals surface area (Å²) in [5.41, 5.74) is 2.57. The van der Waals surface area contributed by atoms with Gasteiger partial charge in [0.15, 0.2) is 0 Å². The zero-order valence-electron chi connectivity index (χ0n) is 10.9. The fraction of sp³-hybridized carbons (Fsp3) is 0.571. The van der Waals surface area contributed by atoms with Crippen LogP contribution in [0.4, 0.5) is 0 Å². The van der Waals surface area contributed by atoms with Crippen LogP contribution in [-0.4, -0.2) is 31.3 Å². The van der Waals surface area contributed by atoms with E-state index in [9.17, 15) is 4.79 Å². The molecule has 2 rings (SSSR count). The number of pyridine rings is 1. The summed E-state index contributed by atoms with van der Waals surface area (Å²) < 4.78 is 10.1. The van der Waals surface area contributed by atoms with E-state index >= 15 is 0 Å². The van der Waals surface area contributed by atoms with Crippen molar-refractivity contribution >= 4 is 5.97 Å². The van der Waals surface area contributed by atoms with Gasteiger partial charge in [-0.1, -0.05) is 0 Å². The first kappa shape index (κ1) is 13.0. The summed E-state index contributed by atoms with van der Waals surface area (Å²) in [4.78, 5) is 16.0. The highest BCUT2D eigenvalue weighted by molar-refractivity contribution is 5.91. The molecular weight excluding hydrogens is 230 g/mol. The Kier molecular flexibility index (Phi) is 4.31. The molecule has 1 aromatic rings. The van der Waals surface area contributed by atoms with Crippen LogP contribution >= 0.6 is 0 Å². The first-order valence-electron chi connectivity index (χ1n) is 6.33. The largest absolute Gasteiger partial charge is 0.465 e. The number of aromatic nitrogens is 1. The fourth-order valence-electron chi connectivity index (χ4n) is 2.34. The summed E-state index contributed by atoms with van der Waals surface area (Å²) in [6.45, 7) is 3.61. The molecule has 1 aromatic heterocycles. The molecule has 0 atom stereocenters. The van der Waals surface area contributed by atoms with Gasteiger partial charge in [-0.2, -0.15) is 0 Å². The Labute approximate surface area is 107 Å². The number of hydrogen-bond acceptors (Lipinski definition) is 4. The van der Waals surface area contributed by atoms with E-state index in [2.05, 4.69) is 4.98 Å². The molecule has 4 heteroatoms. The van der Waals surface area contributed by atoms with Crippen LogP contribution in [0, 0.1) is 12.8 Å². The third-order valence-electron chi connectivity index (χ3n) is 3.54. The molecule has 0 amide bonds. The number of ether oxygens (including phenoxy) is 2. The van der Waals surface area contributed by atoms with Crippen molar-refractivity contribution in [1.82, 2.24) is 4.98 Å². The molecule has 1 fully saturated rings. The van der Waals surface area contributed by atoms with Crippen molar-refractivity contribution in [3.8, 4) is 0 Å². The molecule has 1 saturated heterocycles. The summed E-state index contributed by atoms with van der Waals surface area (Å²) in [7, 11) is 1.40. The average Bonchev–Trinajstić information content (AvgIpc) is 2.41. The van der Waals surface area contributed by atoms with Crippen molar-refractivity contribution in [1.29, 1.82) is 0 Å². The molecule has 0 unspecified atom stereocenters. The summed E-state index contributed by atoms with van der Waals surface area (Å²) in [6.07, 6.45) is 4.75. The molecule has 4 nitrogen and oxygen atoms in total. The minimum atomic E-state index is -0.289. The maximum atomic E-state index is 11.6. The van der Waals surface area contributed by atoms with Crippen LogP contribution in [0.25, 0.3) is 0 Å². The van der Waals surface area contributed by atoms with E-state index in [0.717, 1.165) is 43.7 Å². The number of carbonyl (C=O) groups excluding carboxylic acids is 1. The van der Waals surface area contributed by atoms with Gasteiger partial charge in [-0.25, -0.2) is 4.79 Å². The maximum Gasteiger partial charge on any atom is 0.338 e. The third kappa shape index (κ3) is 2.88. The second kappa shape index (κ2) is 5.96. The molecule has 0 aliphatic carbocycles. The molecule has 0 aromatic carbocycles. The predicted molar refractivity (Wildman–Crippen MR) is 67.6 cm³/mol. The maximum absolute atomic E-state index is 11.6. The van der Waals surface area contributed by atoms with E-state index in [4.69, 9.17) is 9.47 Å². The summed E-state index contributed by atoms with van der Waals surface area (Å²) in [5, 5.41) is 0. The highest BCUT2D eigenvalue weighted by Gasteiger charge is 2.18. The van der Waals surface area contributed by atoms with Gasteiger partial charge < -0.3 is 9.47 Å². The topological polar surface area (TPSA) is 48.4 Å². The van der Waals surface area contributed by atoms with E-state index in [-0.39, 0.29) is 5.97 Å². The summed E-state index contributed by atoms with van der Waals surface area (Å²) >= 11 is 0. The molecule has 1 aliphatic heterocycles. The van der Waals surface area contributed by atoms with Crippen LogP contribution in [-0.2, 0) is 15.9 Å². The van der Waals surface area contributed by atoms with Gasteiger partial charge in [0.2, 0.25) is 0 Å². The van der Waals surface area contributed by atoms with E-state index in [1.807, 2.05) is 6.92 Å². The Morgan fingerprint density at radius 1 is 1.50 bits per heavy atom. The molecule has 18 heavy (non-hydrogen) atoms. The number of methoxy groups -OCH3 is 1. The number of hydrogen-bond donors (Lipinski definition) is 0. The van der Waals surface area contributed by atoms with Crippen LogP contribution in [0.3, 0.4) is 0 Å². The Morgan fingerprint density at radius 3 is 2.89 bits per heavy atom. The minimum Gasteiger partial charge on any atom is -0.465 e. The molecule has 0 N–H and O–H groups in total. The van der Waals surface area contributed by atoms with Gasteiger partial charge in [0.1, 0.15) is 0 Å². The number of nitrogens with zero attached hydrogens (tertiary/aromatic N) is 1. The molecule has 0 saturated carbocycles. The van der Waals surface area contributed by atoms with Gasteiger partial charge in [0, 0.05) is 25.1 Å². The van der Waals surface area contributed by atoms with Crippen molar-refractivity contribution in [3.05, 3.63) is 29.1 Å². The predicted octanol–water partition coefficient (Wildman–Crippen LogP) is 2.15. The zero-order valence-corrected chi connectivity index (χ0v) is 10.9. The molecular formula is C14H19NO3. The Hall–Kier alpha value is -1.42. The van der Waals surface area contributed by atoms with Gasteiger partial charge in [-0.15, -0.1) is 0 Å². The number of esters is 1. The lowest BCUT2D eigenvalue weighted by atomic mass is 9.92. The Morgan fingerprint density at radius 2 is 2.22 bits per heavy atom. The molecule has 1 aliphatic rings. The van der Waals surface area contributed by atoms with Crippen LogP contribution in [0.5, 0.6) is 0 Å². The van der Waals surface area contributed by atoms with E-state index in [1.54, 1.807) is 12.3 Å². The van der Waals surface area contributed by atoms with Crippen molar-refractivity contribution in [2.75, 3.05) is 20.3 Å². The zero-order chi connectivity index (χ0) is 13.0. The fourth-order valence-corrected chi connectivity index (χ4v) is 2.34. The van der Waals surface area contributed by atoms with Crippen molar-refractivity contribution < 1.29 is 14.3 Å². The Bertz CT molecular complexity index is 425. The SMILES string of the molecule is COC(=O)c1ccnc(CC2CCOCC2)c1C. The van der Waals surface area contributed by atoms with E-state index in [0.29, 0.717) is 11.5 Å². The second-order valence-electron chi connectivity index (χ2n) is 4.68. The quantitative estimate of drug-likeness (QED) is 0.770. The van der Waals surface area contributed by atoms with Crippen LogP contribution in [0.2, 0.25) is 0 Å². The number of rotatable bonds is 3. The molecule has 98 valence electrons. The highest BCUT2D eigenvalue weighted by atomic mass is 16.5. The van der Waals surface area contributed by atoms with Crippen LogP contribution < -0.4 is 0 Å². The monoisotopic (exact) mass is 249 g/mol. The lowest BCUT2D eigenvalue weighted by Crippen LogP contribution is -2.19. The van der Waals surface area contributed by atoms with Crippen LogP contribution in [0.15, 0.2) is 12.3 Å². The smallest absolute Gasteiger partial charge is 0.338 e. The highest BCUT2D eigenvalue weighted by Crippen LogP contribution is 2.22.